The van der Waals surface area contributed by atoms with E-state index in [9.17, 15) is 18.0 Å². The lowest BCUT2D eigenvalue weighted by Gasteiger charge is -2.17. The molecule has 3 aromatic rings. The molecule has 0 radical (unpaired) electrons. The van der Waals surface area contributed by atoms with Crippen LogP contribution in [-0.4, -0.2) is 22.7 Å². The topological polar surface area (TPSA) is 68.7 Å². The number of hydrogen-bond acceptors (Lipinski definition) is 5. The number of carboxylic acids is 1. The van der Waals surface area contributed by atoms with Crippen molar-refractivity contribution >= 4 is 17.3 Å². The summed E-state index contributed by atoms with van der Waals surface area (Å²) in [7, 11) is 0. The minimum Gasteiger partial charge on any atom is -0.488 e. The van der Waals surface area contributed by atoms with Crippen LogP contribution in [0.15, 0.2) is 36.4 Å². The van der Waals surface area contributed by atoms with Crippen LogP contribution in [0.4, 0.5) is 13.2 Å². The van der Waals surface area contributed by atoms with Crippen molar-refractivity contribution in [2.24, 2.45) is 0 Å². The van der Waals surface area contributed by atoms with Crippen LogP contribution in [-0.2, 0) is 30.4 Å². The van der Waals surface area contributed by atoms with Crippen LogP contribution in [0.2, 0.25) is 0 Å². The van der Waals surface area contributed by atoms with Crippen LogP contribution in [0.25, 0.3) is 10.6 Å². The molecular formula is C24H22F3NO4S. The molecule has 0 spiro atoms. The van der Waals surface area contributed by atoms with Gasteiger partial charge in [0.05, 0.1) is 16.1 Å². The van der Waals surface area contributed by atoms with E-state index in [1.54, 1.807) is 0 Å². The van der Waals surface area contributed by atoms with Crippen LogP contribution in [0.3, 0.4) is 0 Å². The van der Waals surface area contributed by atoms with Crippen molar-refractivity contribution in [3.05, 3.63) is 63.7 Å². The summed E-state index contributed by atoms with van der Waals surface area (Å²) >= 11 is 1.43. The third-order valence-electron chi connectivity index (χ3n) is 5.42. The lowest BCUT2D eigenvalue weighted by atomic mass is 10.0. The molecule has 1 N–H and O–H groups in total. The molecule has 2 heterocycles. The Bertz CT molecular complexity index is 1160. The van der Waals surface area contributed by atoms with Gasteiger partial charge in [-0.25, -0.2) is 9.78 Å². The summed E-state index contributed by atoms with van der Waals surface area (Å²) in [6.07, 6.45) is -1.10. The molecule has 1 aromatic heterocycles. The summed E-state index contributed by atoms with van der Waals surface area (Å²) in [5, 5.41) is 9.55. The fourth-order valence-corrected chi connectivity index (χ4v) is 4.72. The number of fused-ring (bicyclic) bond motifs is 2. The van der Waals surface area contributed by atoms with Crippen LogP contribution < -0.4 is 9.47 Å². The van der Waals surface area contributed by atoms with E-state index in [1.807, 2.05) is 19.1 Å². The minimum absolute atomic E-state index is 0.301. The second-order valence-electron chi connectivity index (χ2n) is 7.87. The summed E-state index contributed by atoms with van der Waals surface area (Å²) in [5.74, 6) is 0.208. The molecule has 4 rings (SSSR count). The Labute approximate surface area is 192 Å². The third kappa shape index (κ3) is 5.47. The van der Waals surface area contributed by atoms with Crippen molar-refractivity contribution < 1.29 is 32.5 Å². The number of nitrogens with zero attached hydrogens (tertiary/aromatic N) is 1. The lowest BCUT2D eigenvalue weighted by molar-refractivity contribution is -0.139. The maximum atomic E-state index is 12.9. The number of aromatic nitrogens is 1. The van der Waals surface area contributed by atoms with Crippen LogP contribution in [0.5, 0.6) is 11.5 Å². The van der Waals surface area contributed by atoms with E-state index in [-0.39, 0.29) is 0 Å². The summed E-state index contributed by atoms with van der Waals surface area (Å²) in [4.78, 5) is 16.5. The molecule has 1 aliphatic rings. The quantitative estimate of drug-likeness (QED) is 0.495. The Morgan fingerprint density at radius 1 is 1.18 bits per heavy atom. The van der Waals surface area contributed by atoms with E-state index in [1.165, 1.54) is 23.5 Å². The number of alkyl halides is 3. The van der Waals surface area contributed by atoms with E-state index in [2.05, 4.69) is 0 Å². The summed E-state index contributed by atoms with van der Waals surface area (Å²) in [6, 6.07) is 8.74. The van der Waals surface area contributed by atoms with Crippen LogP contribution in [0, 0.1) is 6.92 Å². The lowest BCUT2D eigenvalue weighted by Crippen LogP contribution is -2.11. The number of rotatable bonds is 4. The predicted octanol–water partition coefficient (Wildman–Crippen LogP) is 6.06. The number of ether oxygens (including phenoxy) is 2. The van der Waals surface area contributed by atoms with Gasteiger partial charge in [0.2, 0.25) is 0 Å². The second kappa shape index (κ2) is 9.43. The number of thiazole rings is 1. The zero-order valence-electron chi connectivity index (χ0n) is 17.9. The number of benzene rings is 2. The van der Waals surface area contributed by atoms with Crippen molar-refractivity contribution in [1.82, 2.24) is 4.98 Å². The van der Waals surface area contributed by atoms with E-state index in [4.69, 9.17) is 19.6 Å². The Morgan fingerprint density at radius 2 is 1.91 bits per heavy atom. The highest BCUT2D eigenvalue weighted by Gasteiger charge is 2.30. The second-order valence-corrected chi connectivity index (χ2v) is 8.95. The van der Waals surface area contributed by atoms with Gasteiger partial charge >= 0.3 is 12.1 Å². The molecule has 0 fully saturated rings. The molecule has 33 heavy (non-hydrogen) atoms. The molecule has 0 atom stereocenters. The number of carbonyl (C=O) groups is 1. The zero-order valence-corrected chi connectivity index (χ0v) is 18.7. The molecule has 9 heteroatoms. The van der Waals surface area contributed by atoms with E-state index in [0.29, 0.717) is 28.7 Å². The van der Waals surface area contributed by atoms with Crippen LogP contribution >= 0.6 is 11.3 Å². The summed E-state index contributed by atoms with van der Waals surface area (Å²) in [6.45, 7) is 1.73. The average Bonchev–Trinajstić information content (AvgIpc) is 3.18. The molecule has 0 bridgehead atoms. The molecule has 0 saturated carbocycles. The first-order valence-electron chi connectivity index (χ1n) is 10.5. The van der Waals surface area contributed by atoms with Crippen molar-refractivity contribution in [1.29, 1.82) is 0 Å². The van der Waals surface area contributed by atoms with Gasteiger partial charge in [-0.2, -0.15) is 13.2 Å². The normalized spacial score (nSPS) is 14.1. The molecule has 5 nitrogen and oxygen atoms in total. The molecule has 0 saturated heterocycles. The molecular weight excluding hydrogens is 455 g/mol. The summed E-state index contributed by atoms with van der Waals surface area (Å²) < 4.78 is 50.1. The third-order valence-corrected chi connectivity index (χ3v) is 6.54. The van der Waals surface area contributed by atoms with Crippen LogP contribution in [0.1, 0.15) is 40.1 Å². The molecule has 0 amide bonds. The number of aryl methyl sites for hydroxylation is 3. The zero-order chi connectivity index (χ0) is 23.6. The Balaban J connectivity index is 1.57. The van der Waals surface area contributed by atoms with Gasteiger partial charge in [-0.1, -0.05) is 12.1 Å². The maximum Gasteiger partial charge on any atom is 0.416 e. The molecule has 1 aliphatic heterocycles. The molecule has 0 unspecified atom stereocenters. The Kier molecular flexibility index (Phi) is 6.60. The summed E-state index contributed by atoms with van der Waals surface area (Å²) in [5.41, 5.74) is 2.61. The van der Waals surface area contributed by atoms with Gasteiger partial charge in [0, 0.05) is 5.56 Å². The Morgan fingerprint density at radius 3 is 2.61 bits per heavy atom. The highest BCUT2D eigenvalue weighted by Crippen LogP contribution is 2.36. The van der Waals surface area contributed by atoms with Crippen molar-refractivity contribution in [3.63, 3.8) is 0 Å². The first-order chi connectivity index (χ1) is 15.7. The van der Waals surface area contributed by atoms with Gasteiger partial charge in [0.15, 0.2) is 6.61 Å². The number of halogens is 3. The predicted molar refractivity (Wildman–Crippen MR) is 118 cm³/mol. The van der Waals surface area contributed by atoms with E-state index < -0.39 is 24.3 Å². The van der Waals surface area contributed by atoms with E-state index >= 15 is 0 Å². The standard InChI is InChI=1S/C24H22F3NO4S/c1-14-10-20-16(11-19(14)32-13-22(29)30)4-2-3-5-18-21(12-31-20)33-23(28-18)15-6-8-17(9-7-15)24(25,26)27/h6-11H,2-5,12-13H2,1H3,(H,29,30). The Hall–Kier alpha value is -3.07. The first-order valence-corrected chi connectivity index (χ1v) is 11.3. The van der Waals surface area contributed by atoms with Crippen molar-refractivity contribution in [3.8, 4) is 22.1 Å². The number of hydrogen-bond donors (Lipinski definition) is 1. The van der Waals surface area contributed by atoms with Gasteiger partial charge in [0.1, 0.15) is 23.1 Å². The molecule has 2 aromatic carbocycles. The van der Waals surface area contributed by atoms with Gasteiger partial charge < -0.3 is 14.6 Å². The smallest absolute Gasteiger partial charge is 0.416 e. The minimum atomic E-state index is -4.37. The fourth-order valence-electron chi connectivity index (χ4n) is 3.70. The highest BCUT2D eigenvalue weighted by atomic mass is 32.1. The van der Waals surface area contributed by atoms with Gasteiger partial charge in [0.25, 0.3) is 0 Å². The number of carboxylic acid groups (broad SMARTS) is 1. The van der Waals surface area contributed by atoms with Gasteiger partial charge in [-0.05, 0) is 68.0 Å². The van der Waals surface area contributed by atoms with Crippen molar-refractivity contribution in [2.75, 3.05) is 6.61 Å². The first kappa shape index (κ1) is 23.1. The van der Waals surface area contributed by atoms with Crippen molar-refractivity contribution in [2.45, 2.75) is 45.4 Å². The number of aliphatic carboxylic acids is 1. The van der Waals surface area contributed by atoms with Gasteiger partial charge in [-0.15, -0.1) is 11.3 Å². The highest BCUT2D eigenvalue weighted by molar-refractivity contribution is 7.15. The van der Waals surface area contributed by atoms with E-state index in [0.717, 1.165) is 59.5 Å². The monoisotopic (exact) mass is 477 g/mol. The molecule has 174 valence electrons. The maximum absolute atomic E-state index is 12.9. The SMILES string of the molecule is Cc1cc2c(cc1OCC(=O)O)CCCCc1nc(-c3ccc(C(F)(F)F)cc3)sc1CO2. The average molecular weight is 478 g/mol. The van der Waals surface area contributed by atoms with Gasteiger partial charge in [-0.3, -0.25) is 0 Å². The fraction of sp³-hybridized carbons (Fsp3) is 0.333. The largest absolute Gasteiger partial charge is 0.488 e. The molecule has 0 aliphatic carbocycles.